The second-order valence-corrected chi connectivity index (χ2v) is 8.36. The molecule has 0 saturated carbocycles. The number of carbonyl (C=O) groups excluding carboxylic acids is 1. The molecule has 2 N–H and O–H groups in total. The molecule has 2 rings (SSSR count). The van der Waals surface area contributed by atoms with Gasteiger partial charge in [-0.25, -0.2) is 4.98 Å². The zero-order valence-electron chi connectivity index (χ0n) is 16.0. The van der Waals surface area contributed by atoms with Crippen molar-refractivity contribution in [2.45, 2.75) is 30.8 Å². The van der Waals surface area contributed by atoms with Gasteiger partial charge in [-0.15, -0.1) is 0 Å². The highest BCUT2D eigenvalue weighted by molar-refractivity contribution is 8.76. The summed E-state index contributed by atoms with van der Waals surface area (Å²) >= 11 is 0. The van der Waals surface area contributed by atoms with Crippen molar-refractivity contribution in [3.05, 3.63) is 64.7 Å². The SMILES string of the molecule is [N-]=[N+]=NOc1ccccc1CNCCCCNC(=O)CCSSc1ccccn1. The minimum atomic E-state index is 0.0798. The van der Waals surface area contributed by atoms with Gasteiger partial charge >= 0.3 is 0 Å². The van der Waals surface area contributed by atoms with Crippen LogP contribution in [0.1, 0.15) is 24.8 Å². The fourth-order valence-corrected chi connectivity index (χ4v) is 4.22. The van der Waals surface area contributed by atoms with Gasteiger partial charge in [0.2, 0.25) is 5.91 Å². The smallest absolute Gasteiger partial charge is 0.220 e. The third-order valence-corrected chi connectivity index (χ3v) is 6.03. The molecule has 0 spiro atoms. The van der Waals surface area contributed by atoms with Gasteiger partial charge in [-0.05, 0) is 53.9 Å². The summed E-state index contributed by atoms with van der Waals surface area (Å²) in [4.78, 5) is 23.7. The Morgan fingerprint density at radius 1 is 1.17 bits per heavy atom. The van der Waals surface area contributed by atoms with Crippen LogP contribution >= 0.6 is 21.6 Å². The third kappa shape index (κ3) is 10.1. The molecule has 2 aromatic rings. The highest BCUT2D eigenvalue weighted by Crippen LogP contribution is 2.29. The Kier molecular flexibility index (Phi) is 11.5. The summed E-state index contributed by atoms with van der Waals surface area (Å²) in [7, 11) is 3.22. The van der Waals surface area contributed by atoms with Crippen molar-refractivity contribution in [3.63, 3.8) is 0 Å². The Labute approximate surface area is 178 Å². The van der Waals surface area contributed by atoms with E-state index in [0.29, 0.717) is 25.3 Å². The van der Waals surface area contributed by atoms with Gasteiger partial charge in [-0.3, -0.25) is 4.79 Å². The minimum absolute atomic E-state index is 0.0798. The van der Waals surface area contributed by atoms with Gasteiger partial charge in [-0.1, -0.05) is 35.1 Å². The lowest BCUT2D eigenvalue weighted by Gasteiger charge is -2.09. The summed E-state index contributed by atoms with van der Waals surface area (Å²) in [5, 5.41) is 10.4. The van der Waals surface area contributed by atoms with Crippen molar-refractivity contribution in [2.24, 2.45) is 5.28 Å². The lowest BCUT2D eigenvalue weighted by Crippen LogP contribution is -2.25. The molecular weight excluding hydrogens is 408 g/mol. The van der Waals surface area contributed by atoms with Crippen molar-refractivity contribution >= 4 is 27.5 Å². The molecule has 1 aromatic carbocycles. The van der Waals surface area contributed by atoms with E-state index >= 15 is 0 Å². The number of hydrogen-bond acceptors (Lipinski definition) is 7. The molecule has 1 aromatic heterocycles. The van der Waals surface area contributed by atoms with Crippen LogP contribution in [-0.4, -0.2) is 29.7 Å². The lowest BCUT2D eigenvalue weighted by molar-refractivity contribution is -0.120. The van der Waals surface area contributed by atoms with E-state index in [4.69, 9.17) is 10.4 Å². The second kappa shape index (κ2) is 14.6. The van der Waals surface area contributed by atoms with Gasteiger partial charge in [0.15, 0.2) is 0 Å². The molecule has 0 unspecified atom stereocenters. The number of amides is 1. The Morgan fingerprint density at radius 2 is 2.00 bits per heavy atom. The molecule has 0 fully saturated rings. The van der Waals surface area contributed by atoms with Crippen molar-refractivity contribution < 1.29 is 9.63 Å². The predicted octanol–water partition coefficient (Wildman–Crippen LogP) is 4.50. The first kappa shape index (κ1) is 22.9. The number of unbranched alkanes of at least 4 members (excludes halogenated alkanes) is 1. The molecule has 154 valence electrons. The first-order valence-electron chi connectivity index (χ1n) is 9.27. The van der Waals surface area contributed by atoms with Crippen LogP contribution in [0, 0.1) is 0 Å². The Morgan fingerprint density at radius 3 is 2.83 bits per heavy atom. The molecule has 0 aliphatic carbocycles. The van der Waals surface area contributed by atoms with Crippen LogP contribution in [-0.2, 0) is 11.3 Å². The van der Waals surface area contributed by atoms with E-state index in [1.54, 1.807) is 33.9 Å². The maximum absolute atomic E-state index is 11.8. The first-order chi connectivity index (χ1) is 14.3. The molecule has 0 aliphatic rings. The summed E-state index contributed by atoms with van der Waals surface area (Å²) in [6.07, 6.45) is 4.13. The van der Waals surface area contributed by atoms with Gasteiger partial charge in [0.25, 0.3) is 0 Å². The van der Waals surface area contributed by atoms with Crippen molar-refractivity contribution in [1.29, 1.82) is 0 Å². The quantitative estimate of drug-likeness (QED) is 0.113. The molecule has 8 nitrogen and oxygen atoms in total. The lowest BCUT2D eigenvalue weighted by atomic mass is 10.2. The zero-order chi connectivity index (χ0) is 20.6. The Hall–Kier alpha value is -2.39. The van der Waals surface area contributed by atoms with E-state index in [1.807, 2.05) is 36.4 Å². The summed E-state index contributed by atoms with van der Waals surface area (Å²) in [5.41, 5.74) is 9.27. The fourth-order valence-electron chi connectivity index (χ4n) is 2.35. The second-order valence-electron chi connectivity index (χ2n) is 5.93. The number of aromatic nitrogens is 1. The van der Waals surface area contributed by atoms with E-state index in [0.717, 1.165) is 35.7 Å². The standard InChI is InChI=1S/C19H24N6O2S2/c20-24-25-27-17-8-2-1-7-16(17)15-21-11-5-6-12-22-18(26)10-14-28-29-19-9-3-4-13-23-19/h1-4,7-9,13,21H,5-6,10-12,14-15H2,(H,22,26). The molecule has 1 amide bonds. The van der Waals surface area contributed by atoms with Crippen LogP contribution in [0.4, 0.5) is 0 Å². The zero-order valence-corrected chi connectivity index (χ0v) is 17.6. The number of para-hydroxylation sites is 1. The van der Waals surface area contributed by atoms with E-state index in [1.165, 1.54) is 0 Å². The molecule has 0 radical (unpaired) electrons. The fraction of sp³-hybridized carbons (Fsp3) is 0.368. The highest BCUT2D eigenvalue weighted by atomic mass is 33.1. The predicted molar refractivity (Wildman–Crippen MR) is 117 cm³/mol. The van der Waals surface area contributed by atoms with Crippen molar-refractivity contribution in [2.75, 3.05) is 18.8 Å². The molecule has 1 heterocycles. The summed E-state index contributed by atoms with van der Waals surface area (Å²) < 4.78 is 0. The summed E-state index contributed by atoms with van der Waals surface area (Å²) in [5.74, 6) is 1.38. The molecule has 10 heteroatoms. The van der Waals surface area contributed by atoms with Crippen LogP contribution < -0.4 is 15.5 Å². The van der Waals surface area contributed by atoms with E-state index in [2.05, 4.69) is 25.8 Å². The molecule has 29 heavy (non-hydrogen) atoms. The largest absolute Gasteiger partial charge is 0.394 e. The van der Waals surface area contributed by atoms with Crippen LogP contribution in [0.15, 0.2) is 59.0 Å². The van der Waals surface area contributed by atoms with E-state index in [9.17, 15) is 4.79 Å². The van der Waals surface area contributed by atoms with Gasteiger partial charge in [0.1, 0.15) is 16.1 Å². The number of carbonyl (C=O) groups is 1. The van der Waals surface area contributed by atoms with Crippen molar-refractivity contribution in [3.8, 4) is 5.75 Å². The number of hydrogen-bond donors (Lipinski definition) is 2. The normalized spacial score (nSPS) is 10.2. The van der Waals surface area contributed by atoms with Crippen LogP contribution in [0.5, 0.6) is 5.75 Å². The van der Waals surface area contributed by atoms with Gasteiger partial charge < -0.3 is 15.5 Å². The summed E-state index contributed by atoms with van der Waals surface area (Å²) in [6, 6.07) is 13.2. The van der Waals surface area contributed by atoms with Crippen LogP contribution in [0.25, 0.3) is 10.4 Å². The first-order valence-corrected chi connectivity index (χ1v) is 11.6. The monoisotopic (exact) mass is 432 g/mol. The van der Waals surface area contributed by atoms with Crippen molar-refractivity contribution in [1.82, 2.24) is 15.6 Å². The Balaban J connectivity index is 1.47. The minimum Gasteiger partial charge on any atom is -0.394 e. The molecular formula is C19H24N6O2S2. The van der Waals surface area contributed by atoms with Gasteiger partial charge in [0, 0.05) is 41.9 Å². The number of nitrogens with zero attached hydrogens (tertiary/aromatic N) is 4. The third-order valence-electron chi connectivity index (χ3n) is 3.76. The maximum Gasteiger partial charge on any atom is 0.220 e. The summed E-state index contributed by atoms with van der Waals surface area (Å²) in [6.45, 7) is 2.12. The molecule has 0 atom stereocenters. The van der Waals surface area contributed by atoms with Gasteiger partial charge in [0.05, 0.1) is 0 Å². The number of benzene rings is 1. The molecule has 0 aliphatic heterocycles. The van der Waals surface area contributed by atoms with E-state index < -0.39 is 0 Å². The highest BCUT2D eigenvalue weighted by Gasteiger charge is 2.03. The number of pyridine rings is 1. The number of nitrogens with one attached hydrogen (secondary N) is 2. The van der Waals surface area contributed by atoms with E-state index in [-0.39, 0.29) is 5.91 Å². The number of rotatable bonds is 14. The molecule has 0 saturated heterocycles. The average molecular weight is 433 g/mol. The van der Waals surface area contributed by atoms with Crippen LogP contribution in [0.2, 0.25) is 0 Å². The number of azide groups is 1. The topological polar surface area (TPSA) is 112 Å². The Bertz CT molecular complexity index is 787. The molecule has 0 bridgehead atoms. The average Bonchev–Trinajstić information content (AvgIpc) is 2.76. The maximum atomic E-state index is 11.8. The van der Waals surface area contributed by atoms with Crippen LogP contribution in [0.3, 0.4) is 0 Å². The van der Waals surface area contributed by atoms with Gasteiger partial charge in [-0.2, -0.15) is 0 Å².